The van der Waals surface area contributed by atoms with Crippen molar-refractivity contribution in [3.05, 3.63) is 17.7 Å². The molecule has 1 unspecified atom stereocenters. The van der Waals surface area contributed by atoms with Gasteiger partial charge in [-0.05, 0) is 45.6 Å². The molecule has 1 aliphatic heterocycles. The van der Waals surface area contributed by atoms with Crippen LogP contribution >= 0.6 is 0 Å². The van der Waals surface area contributed by atoms with Crippen LogP contribution in [0.25, 0.3) is 0 Å². The molecule has 5 heteroatoms. The van der Waals surface area contributed by atoms with Crippen molar-refractivity contribution in [2.45, 2.75) is 52.6 Å². The van der Waals surface area contributed by atoms with Crippen molar-refractivity contribution in [3.63, 3.8) is 0 Å². The SMILES string of the molecule is COc1cc(OC)c(CNCC2(C)CCCN(C(C)(C)C)C2)c(OC)c1. The zero-order valence-electron chi connectivity index (χ0n) is 17.6. The van der Waals surface area contributed by atoms with Crippen LogP contribution in [0.4, 0.5) is 0 Å². The van der Waals surface area contributed by atoms with E-state index in [1.54, 1.807) is 21.3 Å². The minimum Gasteiger partial charge on any atom is -0.496 e. The van der Waals surface area contributed by atoms with Gasteiger partial charge < -0.3 is 19.5 Å². The predicted molar refractivity (Wildman–Crippen MR) is 106 cm³/mol. The lowest BCUT2D eigenvalue weighted by Crippen LogP contribution is -2.53. The third-order valence-electron chi connectivity index (χ3n) is 5.40. The van der Waals surface area contributed by atoms with Gasteiger partial charge in [-0.25, -0.2) is 0 Å². The number of piperidine rings is 1. The van der Waals surface area contributed by atoms with E-state index in [0.717, 1.165) is 35.9 Å². The monoisotopic (exact) mass is 364 g/mol. The number of nitrogens with one attached hydrogen (secondary N) is 1. The number of hydrogen-bond acceptors (Lipinski definition) is 5. The van der Waals surface area contributed by atoms with E-state index < -0.39 is 0 Å². The lowest BCUT2D eigenvalue weighted by Gasteiger charge is -2.46. The molecule has 26 heavy (non-hydrogen) atoms. The van der Waals surface area contributed by atoms with Gasteiger partial charge in [-0.2, -0.15) is 0 Å². The van der Waals surface area contributed by atoms with Crippen molar-refractivity contribution in [1.29, 1.82) is 0 Å². The lowest BCUT2D eigenvalue weighted by atomic mass is 9.80. The highest BCUT2D eigenvalue weighted by atomic mass is 16.5. The first-order chi connectivity index (χ1) is 12.2. The van der Waals surface area contributed by atoms with E-state index in [0.29, 0.717) is 6.54 Å². The maximum absolute atomic E-state index is 5.55. The number of benzene rings is 1. The summed E-state index contributed by atoms with van der Waals surface area (Å²) in [6.45, 7) is 13.3. The number of rotatable bonds is 7. The Bertz CT molecular complexity index is 572. The van der Waals surface area contributed by atoms with Crippen LogP contribution in [0, 0.1) is 5.41 Å². The fraction of sp³-hybridized carbons (Fsp3) is 0.714. The molecular weight excluding hydrogens is 328 g/mol. The van der Waals surface area contributed by atoms with Gasteiger partial charge >= 0.3 is 0 Å². The van der Waals surface area contributed by atoms with Crippen LogP contribution in [-0.4, -0.2) is 51.4 Å². The van der Waals surface area contributed by atoms with Gasteiger partial charge in [-0.15, -0.1) is 0 Å². The highest BCUT2D eigenvalue weighted by Gasteiger charge is 2.35. The summed E-state index contributed by atoms with van der Waals surface area (Å²) >= 11 is 0. The zero-order chi connectivity index (χ0) is 19.4. The van der Waals surface area contributed by atoms with Crippen LogP contribution in [0.1, 0.15) is 46.1 Å². The van der Waals surface area contributed by atoms with E-state index in [9.17, 15) is 0 Å². The molecule has 1 atom stereocenters. The molecule has 0 aliphatic carbocycles. The topological polar surface area (TPSA) is 43.0 Å². The molecule has 2 rings (SSSR count). The summed E-state index contributed by atoms with van der Waals surface area (Å²) in [5, 5.41) is 3.64. The summed E-state index contributed by atoms with van der Waals surface area (Å²) in [7, 11) is 5.01. The second-order valence-corrected chi connectivity index (χ2v) is 8.62. The standard InChI is InChI=1S/C21H36N2O3/c1-20(2,3)23-10-8-9-21(4,15-23)14-22-13-17-18(25-6)11-16(24-5)12-19(17)26-7/h11-12,22H,8-10,13-15H2,1-7H3. The molecule has 1 aromatic carbocycles. The Morgan fingerprint density at radius 3 is 2.19 bits per heavy atom. The molecule has 0 spiro atoms. The van der Waals surface area contributed by atoms with Crippen molar-refractivity contribution < 1.29 is 14.2 Å². The van der Waals surface area contributed by atoms with Gasteiger partial charge in [-0.1, -0.05) is 6.92 Å². The van der Waals surface area contributed by atoms with Gasteiger partial charge in [0.25, 0.3) is 0 Å². The molecule has 1 saturated heterocycles. The Morgan fingerprint density at radius 1 is 1.08 bits per heavy atom. The molecule has 0 aromatic heterocycles. The smallest absolute Gasteiger partial charge is 0.130 e. The molecule has 1 heterocycles. The van der Waals surface area contributed by atoms with Gasteiger partial charge in [0.15, 0.2) is 0 Å². The second-order valence-electron chi connectivity index (χ2n) is 8.62. The molecule has 0 saturated carbocycles. The lowest BCUT2D eigenvalue weighted by molar-refractivity contribution is 0.0344. The third-order valence-corrected chi connectivity index (χ3v) is 5.40. The molecular formula is C21H36N2O3. The molecule has 0 radical (unpaired) electrons. The summed E-state index contributed by atoms with van der Waals surface area (Å²) in [4.78, 5) is 2.60. The van der Waals surface area contributed by atoms with Crippen LogP contribution in [0.5, 0.6) is 17.2 Å². The average molecular weight is 365 g/mol. The second kappa shape index (κ2) is 8.49. The third kappa shape index (κ3) is 5.04. The van der Waals surface area contributed by atoms with E-state index in [-0.39, 0.29) is 11.0 Å². The van der Waals surface area contributed by atoms with E-state index in [4.69, 9.17) is 14.2 Å². The Labute approximate surface area is 159 Å². The van der Waals surface area contributed by atoms with E-state index in [1.165, 1.54) is 19.4 Å². The van der Waals surface area contributed by atoms with E-state index in [1.807, 2.05) is 12.1 Å². The highest BCUT2D eigenvalue weighted by Crippen LogP contribution is 2.35. The molecule has 5 nitrogen and oxygen atoms in total. The quantitative estimate of drug-likeness (QED) is 0.799. The number of likely N-dealkylation sites (tertiary alicyclic amines) is 1. The molecule has 0 amide bonds. The summed E-state index contributed by atoms with van der Waals surface area (Å²) < 4.78 is 16.4. The fourth-order valence-corrected chi connectivity index (χ4v) is 3.77. The van der Waals surface area contributed by atoms with E-state index >= 15 is 0 Å². The van der Waals surface area contributed by atoms with Gasteiger partial charge in [0.1, 0.15) is 17.2 Å². The molecule has 1 fully saturated rings. The molecule has 1 aliphatic rings. The normalized spacial score (nSPS) is 21.5. The van der Waals surface area contributed by atoms with Crippen molar-refractivity contribution in [3.8, 4) is 17.2 Å². The van der Waals surface area contributed by atoms with Gasteiger partial charge in [-0.3, -0.25) is 4.90 Å². The van der Waals surface area contributed by atoms with Crippen molar-refractivity contribution in [2.75, 3.05) is 41.0 Å². The summed E-state index contributed by atoms with van der Waals surface area (Å²) in [6, 6.07) is 3.81. The first kappa shape index (κ1) is 20.8. The highest BCUT2D eigenvalue weighted by molar-refractivity contribution is 5.50. The van der Waals surface area contributed by atoms with Crippen LogP contribution in [0.2, 0.25) is 0 Å². The van der Waals surface area contributed by atoms with Crippen LogP contribution in [-0.2, 0) is 6.54 Å². The largest absolute Gasteiger partial charge is 0.496 e. The van der Waals surface area contributed by atoms with Crippen molar-refractivity contribution in [1.82, 2.24) is 10.2 Å². The Balaban J connectivity index is 2.05. The molecule has 1 N–H and O–H groups in total. The predicted octanol–water partition coefficient (Wildman–Crippen LogP) is 3.70. The maximum Gasteiger partial charge on any atom is 0.130 e. The Morgan fingerprint density at radius 2 is 1.69 bits per heavy atom. The Hall–Kier alpha value is -1.46. The minimum atomic E-state index is 0.226. The average Bonchev–Trinajstić information content (AvgIpc) is 2.60. The van der Waals surface area contributed by atoms with Crippen molar-refractivity contribution >= 4 is 0 Å². The van der Waals surface area contributed by atoms with Gasteiger partial charge in [0.2, 0.25) is 0 Å². The number of nitrogens with zero attached hydrogens (tertiary/aromatic N) is 1. The summed E-state index contributed by atoms with van der Waals surface area (Å²) in [5.41, 5.74) is 1.53. The first-order valence-corrected chi connectivity index (χ1v) is 9.47. The minimum absolute atomic E-state index is 0.226. The van der Waals surface area contributed by atoms with Crippen molar-refractivity contribution in [2.24, 2.45) is 5.41 Å². The number of hydrogen-bond donors (Lipinski definition) is 1. The van der Waals surface area contributed by atoms with Crippen LogP contribution in [0.15, 0.2) is 12.1 Å². The van der Waals surface area contributed by atoms with E-state index in [2.05, 4.69) is 37.9 Å². The number of methoxy groups -OCH3 is 3. The summed E-state index contributed by atoms with van der Waals surface area (Å²) in [5.74, 6) is 2.32. The Kier molecular flexibility index (Phi) is 6.80. The molecule has 0 bridgehead atoms. The van der Waals surface area contributed by atoms with Crippen LogP contribution in [0.3, 0.4) is 0 Å². The zero-order valence-corrected chi connectivity index (χ0v) is 17.6. The van der Waals surface area contributed by atoms with Gasteiger partial charge in [0, 0.05) is 37.3 Å². The van der Waals surface area contributed by atoms with Gasteiger partial charge in [0.05, 0.1) is 26.9 Å². The number of ether oxygens (including phenoxy) is 3. The molecule has 1 aromatic rings. The summed E-state index contributed by atoms with van der Waals surface area (Å²) in [6.07, 6.45) is 2.51. The van der Waals surface area contributed by atoms with Crippen LogP contribution < -0.4 is 19.5 Å². The fourth-order valence-electron chi connectivity index (χ4n) is 3.77. The first-order valence-electron chi connectivity index (χ1n) is 9.47. The molecule has 148 valence electrons. The maximum atomic E-state index is 5.55.